The maximum Gasteiger partial charge on any atom is 0.123 e. The number of hydrogen-bond donors (Lipinski definition) is 1. The van der Waals surface area contributed by atoms with Crippen molar-refractivity contribution in [1.29, 1.82) is 0 Å². The first-order chi connectivity index (χ1) is 7.72. The van der Waals surface area contributed by atoms with Crippen molar-refractivity contribution in [2.45, 2.75) is 19.6 Å². The maximum absolute atomic E-state index is 12.7. The molecule has 0 fully saturated rings. The summed E-state index contributed by atoms with van der Waals surface area (Å²) in [5, 5.41) is 14.2. The van der Waals surface area contributed by atoms with Crippen LogP contribution in [0.3, 0.4) is 0 Å². The Bertz CT molecular complexity index is 464. The normalized spacial score (nSPS) is 12.7. The second-order valence-electron chi connectivity index (χ2n) is 3.53. The molecule has 0 aliphatic heterocycles. The van der Waals surface area contributed by atoms with E-state index in [-0.39, 0.29) is 5.82 Å². The van der Waals surface area contributed by atoms with E-state index in [0.29, 0.717) is 17.8 Å². The largest absolute Gasteiger partial charge is 0.382 e. The van der Waals surface area contributed by atoms with Crippen LogP contribution in [0, 0.1) is 5.82 Å². The second-order valence-corrected chi connectivity index (χ2v) is 3.53. The lowest BCUT2D eigenvalue weighted by Crippen LogP contribution is -2.08. The molecule has 0 spiro atoms. The minimum Gasteiger partial charge on any atom is -0.382 e. The first kappa shape index (κ1) is 10.8. The number of rotatable bonds is 3. The number of aryl methyl sites for hydroxylation is 1. The predicted molar refractivity (Wildman–Crippen MR) is 58.4 cm³/mol. The van der Waals surface area contributed by atoms with Gasteiger partial charge in [0, 0.05) is 12.7 Å². The summed E-state index contributed by atoms with van der Waals surface area (Å²) in [7, 11) is 0. The number of nitrogens with zero attached hydrogens (tertiary/aromatic N) is 2. The zero-order valence-corrected chi connectivity index (χ0v) is 8.97. The van der Waals surface area contributed by atoms with E-state index in [9.17, 15) is 9.50 Å². The van der Waals surface area contributed by atoms with Crippen LogP contribution in [0.15, 0.2) is 36.5 Å². The van der Waals surface area contributed by atoms with Gasteiger partial charge in [-0.05, 0) is 30.7 Å². The van der Waals surface area contributed by atoms with Gasteiger partial charge in [0.15, 0.2) is 0 Å². The van der Waals surface area contributed by atoms with Gasteiger partial charge in [0.25, 0.3) is 0 Å². The number of benzene rings is 1. The topological polar surface area (TPSA) is 38.0 Å². The third-order valence-corrected chi connectivity index (χ3v) is 2.51. The standard InChI is InChI=1S/C12H13FN2O/c1-2-15-11(7-8-14-15)12(16)9-3-5-10(13)6-4-9/h3-8,12,16H,2H2,1H3. The first-order valence-electron chi connectivity index (χ1n) is 5.17. The highest BCUT2D eigenvalue weighted by molar-refractivity contribution is 5.25. The Hall–Kier alpha value is -1.68. The van der Waals surface area contributed by atoms with Crippen molar-refractivity contribution in [3.05, 3.63) is 53.6 Å². The third kappa shape index (κ3) is 1.97. The van der Waals surface area contributed by atoms with Crippen molar-refractivity contribution >= 4 is 0 Å². The molecule has 0 radical (unpaired) electrons. The van der Waals surface area contributed by atoms with Crippen LogP contribution >= 0.6 is 0 Å². The Morgan fingerprint density at radius 2 is 2.00 bits per heavy atom. The summed E-state index contributed by atoms with van der Waals surface area (Å²) in [4.78, 5) is 0. The van der Waals surface area contributed by atoms with Crippen LogP contribution in [0.2, 0.25) is 0 Å². The van der Waals surface area contributed by atoms with E-state index in [4.69, 9.17) is 0 Å². The molecule has 1 unspecified atom stereocenters. The van der Waals surface area contributed by atoms with Crippen LogP contribution in [0.25, 0.3) is 0 Å². The minimum atomic E-state index is -0.761. The molecular formula is C12H13FN2O. The molecule has 2 rings (SSSR count). The van der Waals surface area contributed by atoms with Crippen molar-refractivity contribution in [3.8, 4) is 0 Å². The summed E-state index contributed by atoms with van der Waals surface area (Å²) >= 11 is 0. The first-order valence-corrected chi connectivity index (χ1v) is 5.17. The average Bonchev–Trinajstić information content (AvgIpc) is 2.77. The van der Waals surface area contributed by atoms with E-state index in [1.54, 1.807) is 29.1 Å². The Kier molecular flexibility index (Phi) is 3.01. The van der Waals surface area contributed by atoms with E-state index >= 15 is 0 Å². The molecular weight excluding hydrogens is 207 g/mol. The van der Waals surface area contributed by atoms with Gasteiger partial charge in [0.2, 0.25) is 0 Å². The summed E-state index contributed by atoms with van der Waals surface area (Å²) < 4.78 is 14.5. The molecule has 1 heterocycles. The number of aromatic nitrogens is 2. The Morgan fingerprint density at radius 1 is 1.31 bits per heavy atom. The molecule has 0 aliphatic carbocycles. The van der Waals surface area contributed by atoms with Crippen LogP contribution in [0.5, 0.6) is 0 Å². The summed E-state index contributed by atoms with van der Waals surface area (Å²) in [6, 6.07) is 7.59. The third-order valence-electron chi connectivity index (χ3n) is 2.51. The lowest BCUT2D eigenvalue weighted by atomic mass is 10.1. The number of aliphatic hydroxyl groups is 1. The molecule has 84 valence electrons. The smallest absolute Gasteiger partial charge is 0.123 e. The van der Waals surface area contributed by atoms with Gasteiger partial charge < -0.3 is 5.11 Å². The second kappa shape index (κ2) is 4.45. The fourth-order valence-electron chi connectivity index (χ4n) is 1.66. The van der Waals surface area contributed by atoms with Crippen molar-refractivity contribution in [2.24, 2.45) is 0 Å². The van der Waals surface area contributed by atoms with Gasteiger partial charge in [-0.15, -0.1) is 0 Å². The molecule has 1 aromatic heterocycles. The fourth-order valence-corrected chi connectivity index (χ4v) is 1.66. The van der Waals surface area contributed by atoms with Crippen LogP contribution in [-0.4, -0.2) is 14.9 Å². The van der Waals surface area contributed by atoms with Crippen LogP contribution in [-0.2, 0) is 6.54 Å². The highest BCUT2D eigenvalue weighted by Crippen LogP contribution is 2.21. The van der Waals surface area contributed by atoms with Crippen molar-refractivity contribution in [1.82, 2.24) is 9.78 Å². The van der Waals surface area contributed by atoms with Gasteiger partial charge in [-0.2, -0.15) is 5.10 Å². The van der Waals surface area contributed by atoms with Crippen LogP contribution in [0.4, 0.5) is 4.39 Å². The van der Waals surface area contributed by atoms with Gasteiger partial charge in [-0.1, -0.05) is 12.1 Å². The molecule has 0 saturated carbocycles. The molecule has 0 aliphatic rings. The molecule has 0 amide bonds. The fraction of sp³-hybridized carbons (Fsp3) is 0.250. The van der Waals surface area contributed by atoms with E-state index in [1.807, 2.05) is 6.92 Å². The molecule has 2 aromatic rings. The van der Waals surface area contributed by atoms with E-state index < -0.39 is 6.10 Å². The van der Waals surface area contributed by atoms with Gasteiger partial charge >= 0.3 is 0 Å². The lowest BCUT2D eigenvalue weighted by Gasteiger charge is -2.12. The summed E-state index contributed by atoms with van der Waals surface area (Å²) in [5.74, 6) is -0.306. The summed E-state index contributed by atoms with van der Waals surface area (Å²) in [5.41, 5.74) is 1.38. The van der Waals surface area contributed by atoms with Gasteiger partial charge in [-0.3, -0.25) is 4.68 Å². The lowest BCUT2D eigenvalue weighted by molar-refractivity contribution is 0.208. The molecule has 4 heteroatoms. The predicted octanol–water partition coefficient (Wildman–Crippen LogP) is 2.12. The number of halogens is 1. The van der Waals surface area contributed by atoms with Gasteiger partial charge in [-0.25, -0.2) is 4.39 Å². The minimum absolute atomic E-state index is 0.306. The van der Waals surface area contributed by atoms with Crippen LogP contribution < -0.4 is 0 Å². The summed E-state index contributed by atoms with van der Waals surface area (Å²) in [6.07, 6.45) is 0.883. The molecule has 1 N–H and O–H groups in total. The highest BCUT2D eigenvalue weighted by Gasteiger charge is 2.14. The maximum atomic E-state index is 12.7. The van der Waals surface area contributed by atoms with Crippen LogP contribution in [0.1, 0.15) is 24.3 Å². The number of hydrogen-bond acceptors (Lipinski definition) is 2. The SMILES string of the molecule is CCn1nccc1C(O)c1ccc(F)cc1. The molecule has 1 atom stereocenters. The Balaban J connectivity index is 2.31. The quantitative estimate of drug-likeness (QED) is 0.860. The zero-order chi connectivity index (χ0) is 11.5. The van der Waals surface area contributed by atoms with Crippen molar-refractivity contribution in [3.63, 3.8) is 0 Å². The molecule has 0 saturated heterocycles. The average molecular weight is 220 g/mol. The Morgan fingerprint density at radius 3 is 2.62 bits per heavy atom. The van der Waals surface area contributed by atoms with Crippen molar-refractivity contribution < 1.29 is 9.50 Å². The molecule has 0 bridgehead atoms. The van der Waals surface area contributed by atoms with E-state index in [2.05, 4.69) is 5.10 Å². The highest BCUT2D eigenvalue weighted by atomic mass is 19.1. The monoisotopic (exact) mass is 220 g/mol. The summed E-state index contributed by atoms with van der Waals surface area (Å²) in [6.45, 7) is 2.65. The van der Waals surface area contributed by atoms with Gasteiger partial charge in [0.05, 0.1) is 5.69 Å². The van der Waals surface area contributed by atoms with Crippen molar-refractivity contribution in [2.75, 3.05) is 0 Å². The van der Waals surface area contributed by atoms with E-state index in [0.717, 1.165) is 0 Å². The molecule has 16 heavy (non-hydrogen) atoms. The number of aliphatic hydroxyl groups excluding tert-OH is 1. The Labute approximate surface area is 93.2 Å². The molecule has 1 aromatic carbocycles. The van der Waals surface area contributed by atoms with E-state index in [1.165, 1.54) is 12.1 Å². The molecule has 3 nitrogen and oxygen atoms in total. The zero-order valence-electron chi connectivity index (χ0n) is 8.97. The van der Waals surface area contributed by atoms with Gasteiger partial charge in [0.1, 0.15) is 11.9 Å².